The van der Waals surface area contributed by atoms with E-state index in [-0.39, 0.29) is 11.2 Å². The molecule has 0 unspecified atom stereocenters. The topological polar surface area (TPSA) is 44.1 Å². The second kappa shape index (κ2) is 7.26. The monoisotopic (exact) mass is 398 g/mol. The van der Waals surface area contributed by atoms with Crippen molar-refractivity contribution in [2.75, 3.05) is 5.75 Å². The quantitative estimate of drug-likeness (QED) is 0.357. The van der Waals surface area contributed by atoms with Crippen LogP contribution in [-0.2, 0) is 24.3 Å². The molecular weight excluding hydrogens is 376 g/mol. The molecule has 0 saturated heterocycles. The molecule has 2 aromatic heterocycles. The van der Waals surface area contributed by atoms with Gasteiger partial charge in [0.15, 0.2) is 5.16 Å². The first-order valence-electron chi connectivity index (χ1n) is 8.95. The first-order valence-corrected chi connectivity index (χ1v) is 10.8. The van der Waals surface area contributed by atoms with E-state index in [1.807, 2.05) is 36.4 Å². The first kappa shape index (κ1) is 18.5. The largest absolute Gasteiger partial charge is 0.370 e. The van der Waals surface area contributed by atoms with Crippen LogP contribution in [0.15, 0.2) is 52.9 Å². The van der Waals surface area contributed by atoms with Crippen LogP contribution in [0.5, 0.6) is 0 Å². The Morgan fingerprint density at radius 2 is 2.15 bits per heavy atom. The Kier molecular flexibility index (Phi) is 4.97. The van der Waals surface area contributed by atoms with Crippen LogP contribution < -0.4 is 5.56 Å². The Labute approximate surface area is 166 Å². The highest BCUT2D eigenvalue weighted by Gasteiger charge is 2.31. The lowest BCUT2D eigenvalue weighted by Crippen LogP contribution is -2.32. The number of fused-ring (bicyclic) bond motifs is 3. The van der Waals surface area contributed by atoms with Gasteiger partial charge in [-0.05, 0) is 25.0 Å². The fourth-order valence-electron chi connectivity index (χ4n) is 3.36. The number of rotatable bonds is 5. The number of hydrogen-bond acceptors (Lipinski definition) is 5. The summed E-state index contributed by atoms with van der Waals surface area (Å²) in [5, 5.41) is 1.51. The SMILES string of the molecule is C=CCSc1nc2sc3c(c2c(=O)n1Cc1ccccc1)CC(C)(C)OC3. The Morgan fingerprint density at radius 1 is 1.37 bits per heavy atom. The van der Waals surface area contributed by atoms with Gasteiger partial charge < -0.3 is 4.74 Å². The molecule has 1 aromatic carbocycles. The second-order valence-corrected chi connectivity index (χ2v) is 9.35. The van der Waals surface area contributed by atoms with Gasteiger partial charge in [-0.25, -0.2) is 4.98 Å². The molecule has 1 aliphatic rings. The molecule has 3 heterocycles. The number of benzene rings is 1. The molecule has 0 saturated carbocycles. The van der Waals surface area contributed by atoms with Crippen molar-refractivity contribution >= 4 is 33.3 Å². The lowest BCUT2D eigenvalue weighted by Gasteiger charge is -2.29. The summed E-state index contributed by atoms with van der Waals surface area (Å²) in [4.78, 5) is 20.3. The molecule has 0 aliphatic carbocycles. The molecule has 0 spiro atoms. The van der Waals surface area contributed by atoms with Gasteiger partial charge in [-0.2, -0.15) is 0 Å². The predicted molar refractivity (Wildman–Crippen MR) is 113 cm³/mol. The summed E-state index contributed by atoms with van der Waals surface area (Å²) in [7, 11) is 0. The molecule has 27 heavy (non-hydrogen) atoms. The van der Waals surface area contributed by atoms with E-state index in [9.17, 15) is 4.79 Å². The van der Waals surface area contributed by atoms with Crippen molar-refractivity contribution in [3.63, 3.8) is 0 Å². The third-order valence-corrected chi connectivity index (χ3v) is 6.74. The van der Waals surface area contributed by atoms with Crippen LogP contribution in [0.2, 0.25) is 0 Å². The van der Waals surface area contributed by atoms with Gasteiger partial charge in [0, 0.05) is 17.1 Å². The second-order valence-electron chi connectivity index (χ2n) is 7.28. The summed E-state index contributed by atoms with van der Waals surface area (Å²) >= 11 is 3.14. The standard InChI is InChI=1S/C21H22N2O2S2/c1-4-10-26-20-22-18-17(15-11-21(2,3)25-13-16(15)27-18)19(24)23(20)12-14-8-6-5-7-9-14/h4-9H,1,10-13H2,2-3H3. The minimum Gasteiger partial charge on any atom is -0.370 e. The first-order chi connectivity index (χ1) is 13.0. The van der Waals surface area contributed by atoms with Crippen LogP contribution in [-0.4, -0.2) is 20.9 Å². The van der Waals surface area contributed by atoms with Crippen molar-refractivity contribution < 1.29 is 4.74 Å². The van der Waals surface area contributed by atoms with Crippen LogP contribution in [0.1, 0.15) is 29.9 Å². The number of hydrogen-bond donors (Lipinski definition) is 0. The number of nitrogens with zero attached hydrogens (tertiary/aromatic N) is 2. The molecule has 4 rings (SSSR count). The average molecular weight is 399 g/mol. The van der Waals surface area contributed by atoms with Crippen molar-refractivity contribution in [2.45, 2.75) is 44.2 Å². The molecule has 0 N–H and O–H groups in total. The van der Waals surface area contributed by atoms with E-state index in [2.05, 4.69) is 20.4 Å². The van der Waals surface area contributed by atoms with Crippen LogP contribution in [0.4, 0.5) is 0 Å². The molecule has 4 nitrogen and oxygen atoms in total. The van der Waals surface area contributed by atoms with Crippen molar-refractivity contribution in [1.29, 1.82) is 0 Å². The maximum absolute atomic E-state index is 13.5. The summed E-state index contributed by atoms with van der Waals surface area (Å²) in [6.45, 7) is 9.01. The fraction of sp³-hybridized carbons (Fsp3) is 0.333. The maximum atomic E-state index is 13.5. The van der Waals surface area contributed by atoms with Crippen molar-refractivity contribution in [1.82, 2.24) is 9.55 Å². The minimum atomic E-state index is -0.256. The van der Waals surface area contributed by atoms with E-state index in [0.717, 1.165) is 37.8 Å². The van der Waals surface area contributed by atoms with Gasteiger partial charge in [-0.1, -0.05) is 48.2 Å². The van der Waals surface area contributed by atoms with Gasteiger partial charge >= 0.3 is 0 Å². The van der Waals surface area contributed by atoms with Gasteiger partial charge in [0.2, 0.25) is 0 Å². The smallest absolute Gasteiger partial charge is 0.263 e. The molecule has 0 atom stereocenters. The zero-order chi connectivity index (χ0) is 19.0. The van der Waals surface area contributed by atoms with Crippen molar-refractivity contribution in [2.24, 2.45) is 0 Å². The van der Waals surface area contributed by atoms with Crippen LogP contribution in [0.3, 0.4) is 0 Å². The molecule has 0 amide bonds. The number of thiophene rings is 1. The van der Waals surface area contributed by atoms with Crippen molar-refractivity contribution in [3.8, 4) is 0 Å². The van der Waals surface area contributed by atoms with E-state index in [0.29, 0.717) is 18.9 Å². The normalized spacial score (nSPS) is 15.6. The van der Waals surface area contributed by atoms with E-state index in [4.69, 9.17) is 9.72 Å². The number of ether oxygens (including phenoxy) is 1. The van der Waals surface area contributed by atoms with E-state index < -0.39 is 0 Å². The number of aromatic nitrogens is 2. The molecular formula is C21H22N2O2S2. The number of thioether (sulfide) groups is 1. The van der Waals surface area contributed by atoms with Gasteiger partial charge in [0.25, 0.3) is 5.56 Å². The van der Waals surface area contributed by atoms with E-state index in [1.54, 1.807) is 27.7 Å². The lowest BCUT2D eigenvalue weighted by atomic mass is 9.94. The molecule has 0 radical (unpaired) electrons. The Morgan fingerprint density at radius 3 is 2.89 bits per heavy atom. The summed E-state index contributed by atoms with van der Waals surface area (Å²) < 4.78 is 7.74. The van der Waals surface area contributed by atoms with E-state index in [1.165, 1.54) is 0 Å². The molecule has 6 heteroatoms. The lowest BCUT2D eigenvalue weighted by molar-refractivity contribution is -0.0379. The summed E-state index contributed by atoms with van der Waals surface area (Å²) in [6, 6.07) is 10.1. The van der Waals surface area contributed by atoms with Crippen LogP contribution in [0, 0.1) is 0 Å². The summed E-state index contributed by atoms with van der Waals surface area (Å²) in [5.41, 5.74) is 2.00. The Balaban J connectivity index is 1.89. The van der Waals surface area contributed by atoms with Crippen molar-refractivity contribution in [3.05, 3.63) is 69.3 Å². The van der Waals surface area contributed by atoms with Crippen LogP contribution in [0.25, 0.3) is 10.2 Å². The molecule has 3 aromatic rings. The molecule has 0 fully saturated rings. The van der Waals surface area contributed by atoms with Gasteiger partial charge in [0.05, 0.1) is 24.1 Å². The highest BCUT2D eigenvalue weighted by atomic mass is 32.2. The minimum absolute atomic E-state index is 0.0469. The molecule has 1 aliphatic heterocycles. The van der Waals surface area contributed by atoms with Gasteiger partial charge in [-0.15, -0.1) is 17.9 Å². The zero-order valence-electron chi connectivity index (χ0n) is 15.5. The average Bonchev–Trinajstić information content (AvgIpc) is 3.00. The molecule has 0 bridgehead atoms. The summed E-state index contributed by atoms with van der Waals surface area (Å²) in [6.07, 6.45) is 2.58. The highest BCUT2D eigenvalue weighted by Crippen LogP contribution is 2.37. The summed E-state index contributed by atoms with van der Waals surface area (Å²) in [5.74, 6) is 0.716. The van der Waals surface area contributed by atoms with E-state index >= 15 is 0 Å². The molecule has 140 valence electrons. The zero-order valence-corrected chi connectivity index (χ0v) is 17.2. The fourth-order valence-corrected chi connectivity index (χ4v) is 5.23. The van der Waals surface area contributed by atoms with Crippen LogP contribution >= 0.6 is 23.1 Å². The Hall–Kier alpha value is -1.89. The van der Waals surface area contributed by atoms with Gasteiger partial charge in [-0.3, -0.25) is 9.36 Å². The predicted octanol–water partition coefficient (Wildman–Crippen LogP) is 4.64. The highest BCUT2D eigenvalue weighted by molar-refractivity contribution is 7.99. The Bertz CT molecular complexity index is 1050. The third-order valence-electron chi connectivity index (χ3n) is 4.67. The van der Waals surface area contributed by atoms with Gasteiger partial charge in [0.1, 0.15) is 4.83 Å². The third kappa shape index (κ3) is 3.61. The maximum Gasteiger partial charge on any atom is 0.263 e.